The summed E-state index contributed by atoms with van der Waals surface area (Å²) in [6, 6.07) is 15.1. The molecule has 3 rings (SSSR count). The number of rotatable bonds is 9. The van der Waals surface area contributed by atoms with Gasteiger partial charge in [-0.2, -0.15) is 18.2 Å². The third-order valence-electron chi connectivity index (χ3n) is 4.98. The average molecular weight is 443 g/mol. The SMILES string of the molecule is CCCCc1ccc(Nc2nc(Nc3ccc(CC(C)C)cc3)ncc2C(F)(F)F)cc1. The van der Waals surface area contributed by atoms with Gasteiger partial charge in [0.1, 0.15) is 11.4 Å². The Balaban J connectivity index is 1.80. The van der Waals surface area contributed by atoms with Gasteiger partial charge in [0.05, 0.1) is 0 Å². The van der Waals surface area contributed by atoms with Crippen LogP contribution in [0.15, 0.2) is 54.7 Å². The maximum atomic E-state index is 13.5. The summed E-state index contributed by atoms with van der Waals surface area (Å²) >= 11 is 0. The third-order valence-corrected chi connectivity index (χ3v) is 4.98. The Hall–Kier alpha value is -3.09. The Morgan fingerprint density at radius 3 is 2.03 bits per heavy atom. The van der Waals surface area contributed by atoms with Crippen LogP contribution < -0.4 is 10.6 Å². The predicted molar refractivity (Wildman–Crippen MR) is 124 cm³/mol. The summed E-state index contributed by atoms with van der Waals surface area (Å²) in [6.07, 6.45) is 0.307. The summed E-state index contributed by atoms with van der Waals surface area (Å²) in [5.74, 6) is 0.353. The lowest BCUT2D eigenvalue weighted by Gasteiger charge is -2.15. The van der Waals surface area contributed by atoms with Gasteiger partial charge in [0, 0.05) is 17.6 Å². The number of alkyl halides is 3. The molecule has 7 heteroatoms. The van der Waals surface area contributed by atoms with Crippen molar-refractivity contribution in [3.63, 3.8) is 0 Å². The molecule has 2 aromatic carbocycles. The van der Waals surface area contributed by atoms with E-state index >= 15 is 0 Å². The quantitative estimate of drug-likeness (QED) is 0.360. The third kappa shape index (κ3) is 6.70. The number of aromatic nitrogens is 2. The van der Waals surface area contributed by atoms with Gasteiger partial charge in [-0.05, 0) is 60.6 Å². The van der Waals surface area contributed by atoms with Crippen LogP contribution in [0.5, 0.6) is 0 Å². The second kappa shape index (κ2) is 10.5. The van der Waals surface area contributed by atoms with Gasteiger partial charge in [-0.15, -0.1) is 0 Å². The molecule has 4 nitrogen and oxygen atoms in total. The minimum atomic E-state index is -4.57. The van der Waals surface area contributed by atoms with Crippen molar-refractivity contribution in [3.8, 4) is 0 Å². The maximum Gasteiger partial charge on any atom is 0.421 e. The van der Waals surface area contributed by atoms with Crippen LogP contribution in [0, 0.1) is 5.92 Å². The maximum absolute atomic E-state index is 13.5. The molecular weight excluding hydrogens is 413 g/mol. The lowest BCUT2D eigenvalue weighted by atomic mass is 10.0. The normalized spacial score (nSPS) is 11.6. The molecule has 3 aromatic rings. The van der Waals surface area contributed by atoms with Crippen LogP contribution in [-0.2, 0) is 19.0 Å². The summed E-state index contributed by atoms with van der Waals surface area (Å²) in [6.45, 7) is 6.42. The van der Waals surface area contributed by atoms with E-state index < -0.39 is 11.7 Å². The number of unbranched alkanes of at least 4 members (excludes halogenated alkanes) is 1. The molecule has 2 N–H and O–H groups in total. The molecule has 0 saturated carbocycles. The Morgan fingerprint density at radius 1 is 0.875 bits per heavy atom. The first-order valence-electron chi connectivity index (χ1n) is 10.9. The Kier molecular flexibility index (Phi) is 7.72. The topological polar surface area (TPSA) is 49.8 Å². The van der Waals surface area contributed by atoms with Gasteiger partial charge in [0.2, 0.25) is 5.95 Å². The number of aryl methyl sites for hydroxylation is 1. The lowest BCUT2D eigenvalue weighted by molar-refractivity contribution is -0.137. The first kappa shape index (κ1) is 23.6. The molecule has 0 fully saturated rings. The Bertz CT molecular complexity index is 997. The highest BCUT2D eigenvalue weighted by molar-refractivity contribution is 5.63. The zero-order chi connectivity index (χ0) is 23.1. The van der Waals surface area contributed by atoms with Gasteiger partial charge in [0.25, 0.3) is 0 Å². The van der Waals surface area contributed by atoms with Gasteiger partial charge in [-0.3, -0.25) is 0 Å². The lowest BCUT2D eigenvalue weighted by Crippen LogP contribution is -2.12. The van der Waals surface area contributed by atoms with Crippen LogP contribution in [0.25, 0.3) is 0 Å². The highest BCUT2D eigenvalue weighted by Crippen LogP contribution is 2.35. The molecule has 32 heavy (non-hydrogen) atoms. The average Bonchev–Trinajstić information content (AvgIpc) is 2.74. The second-order valence-corrected chi connectivity index (χ2v) is 8.30. The van der Waals surface area contributed by atoms with Gasteiger partial charge in [-0.1, -0.05) is 51.5 Å². The fraction of sp³-hybridized carbons (Fsp3) is 0.360. The number of hydrogen-bond acceptors (Lipinski definition) is 4. The Morgan fingerprint density at radius 2 is 1.47 bits per heavy atom. The van der Waals surface area contributed by atoms with Crippen LogP contribution in [0.1, 0.15) is 50.3 Å². The Labute approximate surface area is 187 Å². The van der Waals surface area contributed by atoms with Crippen LogP contribution in [0.2, 0.25) is 0 Å². The molecule has 0 saturated heterocycles. The first-order valence-corrected chi connectivity index (χ1v) is 10.9. The van der Waals surface area contributed by atoms with E-state index in [1.165, 1.54) is 5.56 Å². The smallest absolute Gasteiger partial charge is 0.340 e. The zero-order valence-electron chi connectivity index (χ0n) is 18.6. The van der Waals surface area contributed by atoms with Crippen molar-refractivity contribution in [2.75, 3.05) is 10.6 Å². The minimum absolute atomic E-state index is 0.0941. The highest BCUT2D eigenvalue weighted by Gasteiger charge is 2.35. The number of anilines is 4. The van der Waals surface area contributed by atoms with Crippen LogP contribution >= 0.6 is 0 Å². The molecule has 1 heterocycles. The van der Waals surface area contributed by atoms with Gasteiger partial charge in [-0.25, -0.2) is 4.98 Å². The van der Waals surface area contributed by atoms with E-state index in [4.69, 9.17) is 0 Å². The summed E-state index contributed by atoms with van der Waals surface area (Å²) in [5.41, 5.74) is 2.69. The van der Waals surface area contributed by atoms with Crippen molar-refractivity contribution in [3.05, 3.63) is 71.4 Å². The number of benzene rings is 2. The summed E-state index contributed by atoms with van der Waals surface area (Å²) in [7, 11) is 0. The fourth-order valence-corrected chi connectivity index (χ4v) is 3.34. The minimum Gasteiger partial charge on any atom is -0.340 e. The second-order valence-electron chi connectivity index (χ2n) is 8.30. The summed E-state index contributed by atoms with van der Waals surface area (Å²) < 4.78 is 40.6. The van der Waals surface area contributed by atoms with Crippen molar-refractivity contribution in [1.82, 2.24) is 9.97 Å². The van der Waals surface area contributed by atoms with Crippen molar-refractivity contribution >= 4 is 23.1 Å². The van der Waals surface area contributed by atoms with Gasteiger partial charge < -0.3 is 10.6 Å². The largest absolute Gasteiger partial charge is 0.421 e. The summed E-state index contributed by atoms with van der Waals surface area (Å²) in [4.78, 5) is 8.00. The van der Waals surface area contributed by atoms with Crippen LogP contribution in [0.4, 0.5) is 36.3 Å². The van der Waals surface area contributed by atoms with Gasteiger partial charge in [0.15, 0.2) is 0 Å². The first-order chi connectivity index (χ1) is 15.2. The highest BCUT2D eigenvalue weighted by atomic mass is 19.4. The number of nitrogens with zero attached hydrogens (tertiary/aromatic N) is 2. The number of hydrogen-bond donors (Lipinski definition) is 2. The van der Waals surface area contributed by atoms with Crippen molar-refractivity contribution in [2.24, 2.45) is 5.92 Å². The fourth-order valence-electron chi connectivity index (χ4n) is 3.34. The zero-order valence-corrected chi connectivity index (χ0v) is 18.6. The van der Waals surface area contributed by atoms with Crippen molar-refractivity contribution in [1.29, 1.82) is 0 Å². The predicted octanol–water partition coefficient (Wildman–Crippen LogP) is 7.52. The van der Waals surface area contributed by atoms with E-state index in [2.05, 4.69) is 41.4 Å². The van der Waals surface area contributed by atoms with Gasteiger partial charge >= 0.3 is 6.18 Å². The molecule has 0 aliphatic carbocycles. The molecule has 0 radical (unpaired) electrons. The van der Waals surface area contributed by atoms with Crippen LogP contribution in [0.3, 0.4) is 0 Å². The molecule has 0 spiro atoms. The molecule has 0 unspecified atom stereocenters. The van der Waals surface area contributed by atoms with E-state index in [0.717, 1.165) is 37.4 Å². The molecule has 0 atom stereocenters. The van der Waals surface area contributed by atoms with E-state index in [9.17, 15) is 13.2 Å². The molecular formula is C25H29F3N4. The number of nitrogens with one attached hydrogen (secondary N) is 2. The molecule has 0 bridgehead atoms. The van der Waals surface area contributed by atoms with Crippen molar-refractivity contribution < 1.29 is 13.2 Å². The summed E-state index contributed by atoms with van der Waals surface area (Å²) in [5, 5.41) is 5.80. The molecule has 0 aliphatic heterocycles. The van der Waals surface area contributed by atoms with E-state index in [1.54, 1.807) is 12.1 Å². The monoisotopic (exact) mass is 442 g/mol. The van der Waals surface area contributed by atoms with Crippen molar-refractivity contribution in [2.45, 2.75) is 52.6 Å². The van der Waals surface area contributed by atoms with Crippen LogP contribution in [-0.4, -0.2) is 9.97 Å². The van der Waals surface area contributed by atoms with E-state index in [1.807, 2.05) is 36.4 Å². The number of halogens is 3. The van der Waals surface area contributed by atoms with E-state index in [-0.39, 0.29) is 11.8 Å². The molecule has 1 aromatic heterocycles. The molecule has 0 amide bonds. The van der Waals surface area contributed by atoms with E-state index in [0.29, 0.717) is 17.3 Å². The standard InChI is InChI=1S/C25H29F3N4/c1-4-5-6-18-7-11-20(12-8-18)30-23-22(25(26,27)28)16-29-24(32-23)31-21-13-9-19(10-14-21)15-17(2)3/h7-14,16-17H,4-6,15H2,1-3H3,(H2,29,30,31,32). The molecule has 170 valence electrons. The molecule has 0 aliphatic rings.